The lowest BCUT2D eigenvalue weighted by atomic mass is 10.3. The number of nitrogens with zero attached hydrogens (tertiary/aromatic N) is 3. The van der Waals surface area contributed by atoms with Crippen molar-refractivity contribution in [1.29, 1.82) is 5.26 Å². The summed E-state index contributed by atoms with van der Waals surface area (Å²) in [5.41, 5.74) is -0.162. The van der Waals surface area contributed by atoms with E-state index < -0.39 is 18.5 Å². The minimum atomic E-state index is -1.11. The molecule has 0 aliphatic carbocycles. The number of carbonyl (C=O) groups excluding carboxylic acids is 1. The Balaban J connectivity index is 3.00. The van der Waals surface area contributed by atoms with Gasteiger partial charge in [-0.2, -0.15) is 10.4 Å². The van der Waals surface area contributed by atoms with Crippen molar-refractivity contribution in [1.82, 2.24) is 9.78 Å². The Morgan fingerprint density at radius 3 is 2.88 bits per heavy atom. The van der Waals surface area contributed by atoms with Crippen LogP contribution in [-0.4, -0.2) is 33.4 Å². The minimum Gasteiger partial charge on any atom is -0.480 e. The predicted octanol–water partition coefficient (Wildman–Crippen LogP) is 0.0161. The van der Waals surface area contributed by atoms with Crippen LogP contribution in [0.4, 0.5) is 0 Å². The second-order valence-electron chi connectivity index (χ2n) is 2.81. The number of carboxylic acids is 1. The van der Waals surface area contributed by atoms with Gasteiger partial charge in [-0.3, -0.25) is 9.48 Å². The summed E-state index contributed by atoms with van der Waals surface area (Å²) < 4.78 is 5.71. The molecule has 0 amide bonds. The van der Waals surface area contributed by atoms with E-state index in [9.17, 15) is 9.59 Å². The van der Waals surface area contributed by atoms with Crippen LogP contribution in [-0.2, 0) is 16.1 Å². The Labute approximate surface area is 90.9 Å². The monoisotopic (exact) mass is 223 g/mol. The molecule has 0 bridgehead atoms. The van der Waals surface area contributed by atoms with E-state index in [2.05, 4.69) is 5.10 Å². The summed E-state index contributed by atoms with van der Waals surface area (Å²) in [4.78, 5) is 21.8. The van der Waals surface area contributed by atoms with Gasteiger partial charge in [0.15, 0.2) is 5.69 Å². The van der Waals surface area contributed by atoms with Gasteiger partial charge in [0, 0.05) is 6.20 Å². The summed E-state index contributed by atoms with van der Waals surface area (Å²) in [5, 5.41) is 20.9. The molecule has 0 saturated carbocycles. The second kappa shape index (κ2) is 4.93. The van der Waals surface area contributed by atoms with Gasteiger partial charge in [-0.25, -0.2) is 4.79 Å². The Kier molecular flexibility index (Phi) is 3.61. The maximum Gasteiger partial charge on any atom is 0.342 e. The van der Waals surface area contributed by atoms with Crippen LogP contribution in [0.1, 0.15) is 23.0 Å². The van der Waals surface area contributed by atoms with Crippen molar-refractivity contribution in [2.75, 3.05) is 6.61 Å². The Morgan fingerprint density at radius 1 is 1.69 bits per heavy atom. The highest BCUT2D eigenvalue weighted by molar-refractivity contribution is 5.91. The highest BCUT2D eigenvalue weighted by Gasteiger charge is 2.17. The first-order valence-corrected chi connectivity index (χ1v) is 4.45. The molecule has 0 unspecified atom stereocenters. The first kappa shape index (κ1) is 11.7. The molecule has 7 nitrogen and oxygen atoms in total. The van der Waals surface area contributed by atoms with Crippen molar-refractivity contribution in [2.45, 2.75) is 13.5 Å². The summed E-state index contributed by atoms with van der Waals surface area (Å²) >= 11 is 0. The van der Waals surface area contributed by atoms with Gasteiger partial charge >= 0.3 is 11.9 Å². The number of ether oxygens (including phenoxy) is 1. The van der Waals surface area contributed by atoms with E-state index in [0.29, 0.717) is 0 Å². The van der Waals surface area contributed by atoms with Crippen molar-refractivity contribution in [3.8, 4) is 6.07 Å². The zero-order valence-electron chi connectivity index (χ0n) is 8.51. The fraction of sp³-hybridized carbons (Fsp3) is 0.333. The van der Waals surface area contributed by atoms with Crippen LogP contribution in [0.2, 0.25) is 0 Å². The van der Waals surface area contributed by atoms with Gasteiger partial charge in [0.1, 0.15) is 18.2 Å². The van der Waals surface area contributed by atoms with Gasteiger partial charge in [0.25, 0.3) is 0 Å². The Morgan fingerprint density at radius 2 is 2.38 bits per heavy atom. The summed E-state index contributed by atoms with van der Waals surface area (Å²) in [6.45, 7) is 1.40. The zero-order chi connectivity index (χ0) is 12.1. The SMILES string of the molecule is CCOC(=O)c1cn(CC(=O)O)nc1C#N. The van der Waals surface area contributed by atoms with Crippen LogP contribution in [0, 0.1) is 11.3 Å². The van der Waals surface area contributed by atoms with Crippen LogP contribution in [0.3, 0.4) is 0 Å². The predicted molar refractivity (Wildman–Crippen MR) is 50.5 cm³/mol. The molecule has 1 heterocycles. The molecule has 0 fully saturated rings. The molecule has 16 heavy (non-hydrogen) atoms. The minimum absolute atomic E-state index is 0.0226. The molecule has 84 valence electrons. The molecule has 1 N–H and O–H groups in total. The van der Waals surface area contributed by atoms with Gasteiger partial charge in [-0.15, -0.1) is 0 Å². The third-order valence-electron chi connectivity index (χ3n) is 1.66. The average Bonchev–Trinajstić information content (AvgIpc) is 2.60. The Bertz CT molecular complexity index is 458. The van der Waals surface area contributed by atoms with E-state index in [-0.39, 0.29) is 17.9 Å². The molecule has 1 aromatic rings. The molecular formula is C9H9N3O4. The zero-order valence-corrected chi connectivity index (χ0v) is 8.51. The number of esters is 1. The molecule has 0 aromatic carbocycles. The maximum atomic E-state index is 11.3. The molecular weight excluding hydrogens is 214 g/mol. The van der Waals surface area contributed by atoms with Crippen LogP contribution >= 0.6 is 0 Å². The molecule has 0 saturated heterocycles. The van der Waals surface area contributed by atoms with E-state index >= 15 is 0 Å². The molecule has 0 aliphatic rings. The van der Waals surface area contributed by atoms with E-state index in [1.54, 1.807) is 13.0 Å². The van der Waals surface area contributed by atoms with Crippen molar-refractivity contribution in [2.24, 2.45) is 0 Å². The first-order valence-electron chi connectivity index (χ1n) is 4.45. The van der Waals surface area contributed by atoms with Crippen molar-refractivity contribution in [3.05, 3.63) is 17.5 Å². The number of carbonyl (C=O) groups is 2. The normalized spacial score (nSPS) is 9.50. The lowest BCUT2D eigenvalue weighted by Crippen LogP contribution is -2.09. The highest BCUT2D eigenvalue weighted by atomic mass is 16.5. The number of hydrogen-bond donors (Lipinski definition) is 1. The average molecular weight is 223 g/mol. The lowest BCUT2D eigenvalue weighted by Gasteiger charge is -1.97. The van der Waals surface area contributed by atoms with E-state index in [1.807, 2.05) is 0 Å². The number of carboxylic acid groups (broad SMARTS) is 1. The number of rotatable bonds is 4. The van der Waals surface area contributed by atoms with E-state index in [1.165, 1.54) is 6.20 Å². The fourth-order valence-corrected chi connectivity index (χ4v) is 1.08. The van der Waals surface area contributed by atoms with Crippen LogP contribution < -0.4 is 0 Å². The third kappa shape index (κ3) is 2.57. The molecule has 0 spiro atoms. The van der Waals surface area contributed by atoms with E-state index in [0.717, 1.165) is 4.68 Å². The molecule has 0 atom stereocenters. The van der Waals surface area contributed by atoms with Gasteiger partial charge in [-0.1, -0.05) is 0 Å². The van der Waals surface area contributed by atoms with Crippen molar-refractivity contribution < 1.29 is 19.4 Å². The third-order valence-corrected chi connectivity index (χ3v) is 1.66. The topological polar surface area (TPSA) is 105 Å². The van der Waals surface area contributed by atoms with Gasteiger partial charge < -0.3 is 9.84 Å². The quantitative estimate of drug-likeness (QED) is 0.721. The highest BCUT2D eigenvalue weighted by Crippen LogP contribution is 2.07. The molecule has 1 aromatic heterocycles. The fourth-order valence-electron chi connectivity index (χ4n) is 1.08. The summed E-state index contributed by atoms with van der Waals surface area (Å²) in [6, 6.07) is 1.70. The smallest absolute Gasteiger partial charge is 0.342 e. The number of nitriles is 1. The summed E-state index contributed by atoms with van der Waals surface area (Å²) in [7, 11) is 0. The standard InChI is InChI=1S/C9H9N3O4/c1-2-16-9(15)6-4-12(5-8(13)14)11-7(6)3-10/h4H,2,5H2,1H3,(H,13,14). The van der Waals surface area contributed by atoms with Crippen molar-refractivity contribution in [3.63, 3.8) is 0 Å². The Hall–Kier alpha value is -2.36. The van der Waals surface area contributed by atoms with Crippen LogP contribution in [0.25, 0.3) is 0 Å². The molecule has 0 radical (unpaired) electrons. The van der Waals surface area contributed by atoms with Gasteiger partial charge in [0.2, 0.25) is 0 Å². The summed E-state index contributed by atoms with van der Waals surface area (Å²) in [6.07, 6.45) is 1.19. The maximum absolute atomic E-state index is 11.3. The first-order chi connectivity index (χ1) is 7.58. The molecule has 1 rings (SSSR count). The second-order valence-corrected chi connectivity index (χ2v) is 2.81. The van der Waals surface area contributed by atoms with Gasteiger partial charge in [-0.05, 0) is 6.92 Å². The van der Waals surface area contributed by atoms with Crippen molar-refractivity contribution >= 4 is 11.9 Å². The molecule has 7 heteroatoms. The number of hydrogen-bond acceptors (Lipinski definition) is 5. The number of aliphatic carboxylic acids is 1. The largest absolute Gasteiger partial charge is 0.480 e. The van der Waals surface area contributed by atoms with Crippen LogP contribution in [0.15, 0.2) is 6.20 Å². The van der Waals surface area contributed by atoms with Crippen LogP contribution in [0.5, 0.6) is 0 Å². The van der Waals surface area contributed by atoms with Gasteiger partial charge in [0.05, 0.1) is 6.61 Å². The number of aromatic nitrogens is 2. The lowest BCUT2D eigenvalue weighted by molar-refractivity contribution is -0.137. The molecule has 0 aliphatic heterocycles. The van der Waals surface area contributed by atoms with E-state index in [4.69, 9.17) is 15.1 Å². The summed E-state index contributed by atoms with van der Waals surface area (Å²) in [5.74, 6) is -1.79.